The molecule has 5 nitrogen and oxygen atoms in total. The van der Waals surface area contributed by atoms with Crippen LogP contribution in [0.1, 0.15) is 0 Å². The van der Waals surface area contributed by atoms with Crippen molar-refractivity contribution in [3.8, 4) is 0 Å². The first-order chi connectivity index (χ1) is 6.20. The number of hydrogen-bond acceptors (Lipinski definition) is 3. The third kappa shape index (κ3) is 1.11. The highest BCUT2D eigenvalue weighted by Crippen LogP contribution is 2.20. The molecule has 66 valence electrons. The van der Waals surface area contributed by atoms with Crippen LogP contribution in [0.15, 0.2) is 24.4 Å². The van der Waals surface area contributed by atoms with Gasteiger partial charge in [-0.25, -0.2) is 0 Å². The van der Waals surface area contributed by atoms with E-state index < -0.39 is 4.92 Å². The Labute approximate surface area is 77.7 Å². The van der Waals surface area contributed by atoms with E-state index in [1.165, 1.54) is 4.52 Å². The van der Waals surface area contributed by atoms with Crippen LogP contribution in [-0.4, -0.2) is 14.5 Å². The minimum Gasteiger partial charge on any atom is -0.278 e. The number of nitrogens with one attached hydrogen (secondary N) is 1. The van der Waals surface area contributed by atoms with Crippen molar-refractivity contribution in [3.63, 3.8) is 0 Å². The molecular weight excluding hydrogens is 190 g/mol. The zero-order valence-electron chi connectivity index (χ0n) is 6.43. The highest BCUT2D eigenvalue weighted by Gasteiger charge is 2.15. The van der Waals surface area contributed by atoms with Crippen molar-refractivity contribution in [3.05, 3.63) is 39.2 Å². The summed E-state index contributed by atoms with van der Waals surface area (Å²) in [6.45, 7) is 0. The lowest BCUT2D eigenvalue weighted by Gasteiger charge is -1.89. The number of aromatic nitrogens is 2. The fourth-order valence-corrected chi connectivity index (χ4v) is 1.47. The number of fused-ring (bicyclic) bond motifs is 1. The first-order valence-corrected chi connectivity index (χ1v) is 3.95. The summed E-state index contributed by atoms with van der Waals surface area (Å²) >= 11 is 4.81. The Morgan fingerprint density at radius 3 is 3.00 bits per heavy atom. The summed E-state index contributed by atoms with van der Waals surface area (Å²) in [6, 6.07) is 5.14. The first-order valence-electron chi connectivity index (χ1n) is 3.54. The normalized spacial score (nSPS) is 10.5. The lowest BCUT2D eigenvalue weighted by molar-refractivity contribution is -0.383. The molecule has 1 N–H and O–H groups in total. The third-order valence-corrected chi connectivity index (χ3v) is 2.01. The van der Waals surface area contributed by atoms with Gasteiger partial charge in [0.15, 0.2) is 4.64 Å². The van der Waals surface area contributed by atoms with Gasteiger partial charge in [0.05, 0.1) is 4.92 Å². The number of nitro groups is 1. The van der Waals surface area contributed by atoms with Crippen LogP contribution in [0.5, 0.6) is 0 Å². The Bertz CT molecular complexity index is 528. The number of aromatic amines is 1. The molecule has 0 spiro atoms. The van der Waals surface area contributed by atoms with Crippen LogP contribution in [0.2, 0.25) is 0 Å². The topological polar surface area (TPSA) is 63.3 Å². The van der Waals surface area contributed by atoms with Crippen LogP contribution in [0.4, 0.5) is 5.69 Å². The van der Waals surface area contributed by atoms with Crippen LogP contribution >= 0.6 is 12.2 Å². The second-order valence-electron chi connectivity index (χ2n) is 2.50. The van der Waals surface area contributed by atoms with Gasteiger partial charge in [0.2, 0.25) is 0 Å². The van der Waals surface area contributed by atoms with Crippen molar-refractivity contribution in [2.45, 2.75) is 0 Å². The molecule has 2 aromatic rings. The van der Waals surface area contributed by atoms with Crippen LogP contribution < -0.4 is 0 Å². The van der Waals surface area contributed by atoms with E-state index in [-0.39, 0.29) is 10.3 Å². The van der Waals surface area contributed by atoms with Crippen LogP contribution in [-0.2, 0) is 0 Å². The molecule has 0 radical (unpaired) electrons. The predicted octanol–water partition coefficient (Wildman–Crippen LogP) is 1.91. The minimum absolute atomic E-state index is 0.0457. The zero-order valence-corrected chi connectivity index (χ0v) is 7.25. The highest BCUT2D eigenvalue weighted by molar-refractivity contribution is 7.71. The summed E-state index contributed by atoms with van der Waals surface area (Å²) in [5.74, 6) is 0. The first kappa shape index (κ1) is 7.93. The van der Waals surface area contributed by atoms with Gasteiger partial charge in [-0.05, 0) is 12.1 Å². The van der Waals surface area contributed by atoms with Crippen molar-refractivity contribution in [2.24, 2.45) is 0 Å². The van der Waals surface area contributed by atoms with Crippen molar-refractivity contribution in [1.82, 2.24) is 9.61 Å². The van der Waals surface area contributed by atoms with E-state index in [0.717, 1.165) is 0 Å². The number of nitrogens with zero attached hydrogens (tertiary/aromatic N) is 2. The molecule has 2 rings (SSSR count). The van der Waals surface area contributed by atoms with Gasteiger partial charge >= 0.3 is 5.69 Å². The highest BCUT2D eigenvalue weighted by atomic mass is 32.1. The molecule has 0 aliphatic heterocycles. The van der Waals surface area contributed by atoms with E-state index in [1.54, 1.807) is 24.4 Å². The Hall–Kier alpha value is -1.69. The molecule has 0 unspecified atom stereocenters. The van der Waals surface area contributed by atoms with E-state index in [1.807, 2.05) is 0 Å². The van der Waals surface area contributed by atoms with Crippen LogP contribution in [0.3, 0.4) is 0 Å². The summed E-state index contributed by atoms with van der Waals surface area (Å²) in [4.78, 5) is 10.1. The average molecular weight is 195 g/mol. The second kappa shape index (κ2) is 2.67. The molecule has 2 heterocycles. The SMILES string of the molecule is O=[N+]([O-])c1c(=S)[nH]n2ccccc12. The number of H-pyrrole nitrogens is 1. The standard InChI is InChI=1S/C7H5N3O2S/c11-10(12)6-5-3-1-2-4-9(5)8-7(6)13/h1-4H,(H,8,13). The molecule has 0 saturated heterocycles. The summed E-state index contributed by atoms with van der Waals surface area (Å²) < 4.78 is 1.68. The maximum atomic E-state index is 10.6. The van der Waals surface area contributed by atoms with E-state index in [9.17, 15) is 10.1 Å². The Morgan fingerprint density at radius 1 is 1.54 bits per heavy atom. The molecule has 2 aromatic heterocycles. The Balaban J connectivity index is 2.95. The molecule has 0 saturated carbocycles. The Morgan fingerprint density at radius 2 is 2.31 bits per heavy atom. The van der Waals surface area contributed by atoms with Crippen molar-refractivity contribution < 1.29 is 4.92 Å². The van der Waals surface area contributed by atoms with Crippen LogP contribution in [0, 0.1) is 14.8 Å². The van der Waals surface area contributed by atoms with Crippen molar-refractivity contribution in [2.75, 3.05) is 0 Å². The molecule has 0 aliphatic carbocycles. The van der Waals surface area contributed by atoms with Crippen LogP contribution in [0.25, 0.3) is 5.52 Å². The van der Waals surface area contributed by atoms with Gasteiger partial charge in [0.1, 0.15) is 5.52 Å². The van der Waals surface area contributed by atoms with E-state index in [2.05, 4.69) is 5.10 Å². The third-order valence-electron chi connectivity index (χ3n) is 1.72. The monoisotopic (exact) mass is 195 g/mol. The van der Waals surface area contributed by atoms with E-state index in [0.29, 0.717) is 5.52 Å². The quantitative estimate of drug-likeness (QED) is 0.429. The maximum absolute atomic E-state index is 10.6. The van der Waals surface area contributed by atoms with Crippen molar-refractivity contribution in [1.29, 1.82) is 0 Å². The smallest absolute Gasteiger partial charge is 0.278 e. The van der Waals surface area contributed by atoms with Gasteiger partial charge in [-0.1, -0.05) is 18.3 Å². The van der Waals surface area contributed by atoms with E-state index >= 15 is 0 Å². The largest absolute Gasteiger partial charge is 0.330 e. The van der Waals surface area contributed by atoms with Gasteiger partial charge in [-0.15, -0.1) is 0 Å². The lowest BCUT2D eigenvalue weighted by Crippen LogP contribution is -1.87. The summed E-state index contributed by atoms with van der Waals surface area (Å²) in [6.07, 6.45) is 1.68. The molecule has 0 bridgehead atoms. The minimum atomic E-state index is -0.478. The van der Waals surface area contributed by atoms with Crippen molar-refractivity contribution >= 4 is 23.4 Å². The summed E-state index contributed by atoms with van der Waals surface area (Å²) in [7, 11) is 0. The number of rotatable bonds is 1. The second-order valence-corrected chi connectivity index (χ2v) is 2.91. The molecular formula is C7H5N3O2S. The number of hydrogen-bond donors (Lipinski definition) is 1. The molecule has 0 fully saturated rings. The lowest BCUT2D eigenvalue weighted by atomic mass is 10.4. The number of pyridine rings is 1. The molecule has 0 amide bonds. The van der Waals surface area contributed by atoms with Gasteiger partial charge in [0.25, 0.3) is 0 Å². The van der Waals surface area contributed by atoms with Gasteiger partial charge < -0.3 is 0 Å². The fourth-order valence-electron chi connectivity index (χ4n) is 1.19. The average Bonchev–Trinajstić information content (AvgIpc) is 2.39. The fraction of sp³-hybridized carbons (Fsp3) is 0. The molecule has 0 aromatic carbocycles. The summed E-state index contributed by atoms with van der Waals surface area (Å²) in [5, 5.41) is 13.3. The zero-order chi connectivity index (χ0) is 9.42. The Kier molecular flexibility index (Phi) is 1.63. The summed E-state index contributed by atoms with van der Waals surface area (Å²) in [5.41, 5.74) is 0.438. The predicted molar refractivity (Wildman–Crippen MR) is 49.2 cm³/mol. The van der Waals surface area contributed by atoms with E-state index in [4.69, 9.17) is 12.2 Å². The molecule has 6 heteroatoms. The van der Waals surface area contributed by atoms with Gasteiger partial charge in [-0.3, -0.25) is 19.7 Å². The molecule has 0 aliphatic rings. The van der Waals surface area contributed by atoms with Gasteiger partial charge in [0, 0.05) is 6.20 Å². The molecule has 0 atom stereocenters. The van der Waals surface area contributed by atoms with Gasteiger partial charge in [-0.2, -0.15) is 0 Å². The molecule has 13 heavy (non-hydrogen) atoms. The maximum Gasteiger partial charge on any atom is 0.330 e.